The van der Waals surface area contributed by atoms with E-state index < -0.39 is 23.5 Å². The van der Waals surface area contributed by atoms with Gasteiger partial charge in [0.15, 0.2) is 23.2 Å². The van der Waals surface area contributed by atoms with E-state index in [4.69, 9.17) is 9.47 Å². The molecule has 1 aromatic carbocycles. The summed E-state index contributed by atoms with van der Waals surface area (Å²) in [5.41, 5.74) is 2.07. The highest BCUT2D eigenvalue weighted by Gasteiger charge is 2.31. The van der Waals surface area contributed by atoms with Crippen molar-refractivity contribution in [2.45, 2.75) is 38.0 Å². The Morgan fingerprint density at radius 2 is 1.85 bits per heavy atom. The molecule has 5 rings (SSSR count). The van der Waals surface area contributed by atoms with Crippen molar-refractivity contribution in [3.8, 4) is 5.75 Å². The molecule has 0 bridgehead atoms. The van der Waals surface area contributed by atoms with Crippen molar-refractivity contribution < 1.29 is 22.6 Å². The van der Waals surface area contributed by atoms with E-state index in [9.17, 15) is 13.2 Å². The second kappa shape index (κ2) is 9.09. The standard InChI is InChI=1S/C24H24F3N5O2/c1-13-7-14(5-6-28-13)21-4-3-15(11-33-21)30-24-29-10-22-23(31-24)32(2)20(12-34-22)16-8-18(26)19(27)9-17(16)25/h5-10,15,20-21H,3-4,11-12H2,1-2H3,(H,29,30,31)/t15-,20?,21+/m1/s1. The van der Waals surface area contributed by atoms with Gasteiger partial charge in [-0.25, -0.2) is 18.2 Å². The summed E-state index contributed by atoms with van der Waals surface area (Å²) in [6.45, 7) is 2.49. The number of hydrogen-bond acceptors (Lipinski definition) is 7. The predicted octanol–water partition coefficient (Wildman–Crippen LogP) is 4.50. The topological polar surface area (TPSA) is 72.4 Å². The summed E-state index contributed by atoms with van der Waals surface area (Å²) in [5, 5.41) is 3.29. The molecule has 3 aromatic rings. The lowest BCUT2D eigenvalue weighted by molar-refractivity contribution is 0.00794. The second-order valence-electron chi connectivity index (χ2n) is 8.58. The smallest absolute Gasteiger partial charge is 0.225 e. The van der Waals surface area contributed by atoms with E-state index >= 15 is 0 Å². The minimum Gasteiger partial charge on any atom is -0.486 e. The van der Waals surface area contributed by atoms with E-state index in [-0.39, 0.29) is 24.3 Å². The van der Waals surface area contributed by atoms with Crippen LogP contribution in [0.1, 0.15) is 41.8 Å². The maximum atomic E-state index is 14.4. The van der Waals surface area contributed by atoms with Crippen LogP contribution in [0.4, 0.5) is 24.9 Å². The molecule has 0 spiro atoms. The average molecular weight is 471 g/mol. The molecule has 1 fully saturated rings. The largest absolute Gasteiger partial charge is 0.486 e. The maximum absolute atomic E-state index is 14.4. The highest BCUT2D eigenvalue weighted by Crippen LogP contribution is 2.38. The zero-order valence-corrected chi connectivity index (χ0v) is 18.8. The fourth-order valence-electron chi connectivity index (χ4n) is 4.38. The van der Waals surface area contributed by atoms with Crippen LogP contribution in [-0.2, 0) is 4.74 Å². The number of anilines is 2. The number of fused-ring (bicyclic) bond motifs is 1. The third-order valence-electron chi connectivity index (χ3n) is 6.23. The number of nitrogens with one attached hydrogen (secondary N) is 1. The molecule has 4 heterocycles. The van der Waals surface area contributed by atoms with Crippen LogP contribution in [0.2, 0.25) is 0 Å². The Morgan fingerprint density at radius 3 is 2.62 bits per heavy atom. The number of benzene rings is 1. The Bertz CT molecular complexity index is 1200. The Kier molecular flexibility index (Phi) is 5.99. The van der Waals surface area contributed by atoms with Crippen molar-refractivity contribution in [2.24, 2.45) is 0 Å². The molecule has 0 amide bonds. The van der Waals surface area contributed by atoms with E-state index in [0.29, 0.717) is 30.2 Å². The second-order valence-corrected chi connectivity index (χ2v) is 8.58. The van der Waals surface area contributed by atoms with Gasteiger partial charge in [0.05, 0.1) is 31.0 Å². The van der Waals surface area contributed by atoms with Crippen molar-refractivity contribution in [3.05, 3.63) is 70.9 Å². The number of likely N-dealkylation sites (N-methyl/N-ethyl adjacent to an activating group) is 1. The summed E-state index contributed by atoms with van der Waals surface area (Å²) in [6, 6.07) is 4.76. The summed E-state index contributed by atoms with van der Waals surface area (Å²) < 4.78 is 53.3. The summed E-state index contributed by atoms with van der Waals surface area (Å²) in [5.74, 6) is -1.94. The van der Waals surface area contributed by atoms with Gasteiger partial charge in [-0.3, -0.25) is 4.98 Å². The van der Waals surface area contributed by atoms with Crippen molar-refractivity contribution in [1.82, 2.24) is 15.0 Å². The molecule has 0 radical (unpaired) electrons. The molecule has 2 aromatic heterocycles. The predicted molar refractivity (Wildman–Crippen MR) is 119 cm³/mol. The number of pyridine rings is 1. The molecule has 0 saturated carbocycles. The molecule has 1 N–H and O–H groups in total. The average Bonchev–Trinajstić information content (AvgIpc) is 2.83. The van der Waals surface area contributed by atoms with Crippen LogP contribution in [-0.4, -0.2) is 41.3 Å². The van der Waals surface area contributed by atoms with Crippen LogP contribution in [0.3, 0.4) is 0 Å². The van der Waals surface area contributed by atoms with E-state index in [2.05, 4.69) is 20.3 Å². The number of halogens is 3. The van der Waals surface area contributed by atoms with Gasteiger partial charge in [-0.2, -0.15) is 4.98 Å². The first-order valence-corrected chi connectivity index (χ1v) is 11.1. The molecule has 10 heteroatoms. The van der Waals surface area contributed by atoms with Crippen molar-refractivity contribution in [1.29, 1.82) is 0 Å². The Hall–Kier alpha value is -3.40. The molecule has 2 aliphatic heterocycles. The van der Waals surface area contributed by atoms with Crippen LogP contribution < -0.4 is 15.0 Å². The Morgan fingerprint density at radius 1 is 1.03 bits per heavy atom. The summed E-state index contributed by atoms with van der Waals surface area (Å²) in [4.78, 5) is 14.8. The Balaban J connectivity index is 1.28. The highest BCUT2D eigenvalue weighted by molar-refractivity contribution is 5.57. The van der Waals surface area contributed by atoms with Gasteiger partial charge in [0, 0.05) is 30.6 Å². The summed E-state index contributed by atoms with van der Waals surface area (Å²) >= 11 is 0. The third-order valence-corrected chi connectivity index (χ3v) is 6.23. The zero-order valence-electron chi connectivity index (χ0n) is 18.8. The molecule has 178 valence electrons. The molecule has 34 heavy (non-hydrogen) atoms. The molecule has 7 nitrogen and oxygen atoms in total. The van der Waals surface area contributed by atoms with Crippen LogP contribution >= 0.6 is 0 Å². The third kappa shape index (κ3) is 4.37. The Labute approximate surface area is 195 Å². The van der Waals surface area contributed by atoms with E-state index in [1.807, 2.05) is 19.1 Å². The van der Waals surface area contributed by atoms with Crippen molar-refractivity contribution >= 4 is 11.8 Å². The minimum atomic E-state index is -1.23. The molecule has 0 aliphatic carbocycles. The fourth-order valence-corrected chi connectivity index (χ4v) is 4.38. The van der Waals surface area contributed by atoms with Gasteiger partial charge in [-0.15, -0.1) is 0 Å². The number of aryl methyl sites for hydroxylation is 1. The molecule has 2 aliphatic rings. The van der Waals surface area contributed by atoms with E-state index in [1.165, 1.54) is 0 Å². The summed E-state index contributed by atoms with van der Waals surface area (Å²) in [7, 11) is 1.70. The normalized spacial score (nSPS) is 22.1. The van der Waals surface area contributed by atoms with Crippen LogP contribution in [0, 0.1) is 24.4 Å². The fraction of sp³-hybridized carbons (Fsp3) is 0.375. The van der Waals surface area contributed by atoms with Gasteiger partial charge in [0.2, 0.25) is 5.95 Å². The van der Waals surface area contributed by atoms with Gasteiger partial charge < -0.3 is 19.7 Å². The van der Waals surface area contributed by atoms with Crippen LogP contribution in [0.5, 0.6) is 5.75 Å². The molecular weight excluding hydrogens is 447 g/mol. The first-order chi connectivity index (χ1) is 16.4. The molecule has 1 unspecified atom stereocenters. The lowest BCUT2D eigenvalue weighted by Crippen LogP contribution is -2.36. The van der Waals surface area contributed by atoms with E-state index in [1.54, 1.807) is 24.3 Å². The highest BCUT2D eigenvalue weighted by atomic mass is 19.2. The van der Waals surface area contributed by atoms with Gasteiger partial charge >= 0.3 is 0 Å². The first kappa shape index (κ1) is 22.4. The van der Waals surface area contributed by atoms with Crippen molar-refractivity contribution in [2.75, 3.05) is 30.5 Å². The SMILES string of the molecule is Cc1cc([C@@H]2CC[C@@H](Nc3ncc4c(n3)N(C)C(c3cc(F)c(F)cc3F)CO4)CO2)ccn1. The van der Waals surface area contributed by atoms with E-state index in [0.717, 1.165) is 30.2 Å². The van der Waals surface area contributed by atoms with Gasteiger partial charge in [0.1, 0.15) is 12.4 Å². The lowest BCUT2D eigenvalue weighted by atomic mass is 9.99. The first-order valence-electron chi connectivity index (χ1n) is 11.1. The molecule has 1 saturated heterocycles. The maximum Gasteiger partial charge on any atom is 0.225 e. The lowest BCUT2D eigenvalue weighted by Gasteiger charge is -2.35. The number of hydrogen-bond donors (Lipinski definition) is 1. The van der Waals surface area contributed by atoms with Crippen LogP contribution in [0.15, 0.2) is 36.7 Å². The number of aromatic nitrogens is 3. The summed E-state index contributed by atoms with van der Waals surface area (Å²) in [6.07, 6.45) is 5.06. The number of rotatable bonds is 4. The van der Waals surface area contributed by atoms with Gasteiger partial charge in [-0.1, -0.05) is 0 Å². The van der Waals surface area contributed by atoms with Gasteiger partial charge in [0.25, 0.3) is 0 Å². The number of ether oxygens (including phenoxy) is 2. The number of nitrogens with zero attached hydrogens (tertiary/aromatic N) is 4. The minimum absolute atomic E-state index is 0.00163. The molecule has 3 atom stereocenters. The zero-order chi connectivity index (χ0) is 23.8. The quantitative estimate of drug-likeness (QED) is 0.562. The van der Waals surface area contributed by atoms with Gasteiger partial charge in [-0.05, 0) is 43.5 Å². The monoisotopic (exact) mass is 471 g/mol. The molecular formula is C24H24F3N5O2. The van der Waals surface area contributed by atoms with Crippen LogP contribution in [0.25, 0.3) is 0 Å². The van der Waals surface area contributed by atoms with Crippen molar-refractivity contribution in [3.63, 3.8) is 0 Å².